The summed E-state index contributed by atoms with van der Waals surface area (Å²) in [5.74, 6) is 2.29. The van der Waals surface area contributed by atoms with E-state index < -0.39 is 0 Å². The van der Waals surface area contributed by atoms with Gasteiger partial charge < -0.3 is 11.1 Å². The second kappa shape index (κ2) is 10.3. The van der Waals surface area contributed by atoms with Crippen LogP contribution in [0.1, 0.15) is 89.0 Å². The van der Waals surface area contributed by atoms with Gasteiger partial charge in [0.1, 0.15) is 0 Å². The zero-order valence-corrected chi connectivity index (χ0v) is 19.8. The number of amides is 1. The van der Waals surface area contributed by atoms with Crippen LogP contribution in [-0.4, -0.2) is 24.4 Å². The fraction of sp³-hybridized carbons (Fsp3) is 0.741. The van der Waals surface area contributed by atoms with Gasteiger partial charge in [0.15, 0.2) is 0 Å². The maximum absolute atomic E-state index is 12.8. The van der Waals surface area contributed by atoms with Crippen molar-refractivity contribution >= 4 is 17.5 Å². The van der Waals surface area contributed by atoms with E-state index in [-0.39, 0.29) is 11.3 Å². The Morgan fingerprint density at radius 2 is 1.84 bits per heavy atom. The average molecular weight is 445 g/mol. The van der Waals surface area contributed by atoms with Crippen LogP contribution < -0.4 is 11.1 Å². The highest BCUT2D eigenvalue weighted by molar-refractivity contribution is 6.17. The van der Waals surface area contributed by atoms with Gasteiger partial charge in [-0.3, -0.25) is 4.79 Å². The van der Waals surface area contributed by atoms with Crippen molar-refractivity contribution in [3.05, 3.63) is 35.9 Å². The largest absolute Gasteiger partial charge is 0.353 e. The molecule has 3 saturated carbocycles. The Morgan fingerprint density at radius 3 is 2.55 bits per heavy atom. The number of nitrogens with one attached hydrogen (secondary N) is 1. The molecule has 4 rings (SSSR count). The van der Waals surface area contributed by atoms with E-state index in [1.165, 1.54) is 44.1 Å². The lowest BCUT2D eigenvalue weighted by atomic mass is 9.49. The van der Waals surface area contributed by atoms with Crippen LogP contribution in [0.3, 0.4) is 0 Å². The number of rotatable bonds is 8. The number of nitrogens with two attached hydrogens (primary N) is 1. The Hall–Kier alpha value is -1.06. The van der Waals surface area contributed by atoms with Crippen molar-refractivity contribution in [3.8, 4) is 0 Å². The molecule has 1 amide bonds. The van der Waals surface area contributed by atoms with Crippen LogP contribution in [0.15, 0.2) is 30.3 Å². The van der Waals surface area contributed by atoms with E-state index in [1.807, 2.05) is 0 Å². The van der Waals surface area contributed by atoms with E-state index in [1.54, 1.807) is 0 Å². The molecule has 0 aliphatic heterocycles. The molecule has 172 valence electrons. The molecule has 4 heteroatoms. The van der Waals surface area contributed by atoms with E-state index in [0.717, 1.165) is 50.9 Å². The first-order valence-corrected chi connectivity index (χ1v) is 13.2. The molecule has 3 aliphatic carbocycles. The first-order valence-electron chi connectivity index (χ1n) is 12.7. The van der Waals surface area contributed by atoms with Gasteiger partial charge in [0.25, 0.3) is 0 Å². The molecule has 1 aromatic carbocycles. The molecule has 31 heavy (non-hydrogen) atoms. The van der Waals surface area contributed by atoms with Gasteiger partial charge in [-0.25, -0.2) is 0 Å². The summed E-state index contributed by atoms with van der Waals surface area (Å²) in [4.78, 5) is 12.8. The average Bonchev–Trinajstić information content (AvgIpc) is 2.79. The van der Waals surface area contributed by atoms with Crippen molar-refractivity contribution in [3.63, 3.8) is 0 Å². The number of carbonyl (C=O) groups is 1. The Bertz CT molecular complexity index is 713. The molecular formula is C27H41ClN2O. The SMILES string of the molecule is NCC1CCC(NC(=O)CCC2C[C@@]3(CCCl)CCC[C@@](c4ccccc4)(C2)C3)CC1. The minimum Gasteiger partial charge on any atom is -0.353 e. The number of halogens is 1. The zero-order valence-electron chi connectivity index (χ0n) is 19.1. The van der Waals surface area contributed by atoms with Crippen LogP contribution in [0.2, 0.25) is 0 Å². The second-order valence-electron chi connectivity index (χ2n) is 10.9. The van der Waals surface area contributed by atoms with Crippen molar-refractivity contribution in [2.75, 3.05) is 12.4 Å². The van der Waals surface area contributed by atoms with Crippen LogP contribution in [0.5, 0.6) is 0 Å². The van der Waals surface area contributed by atoms with Gasteiger partial charge in [0.05, 0.1) is 0 Å². The van der Waals surface area contributed by atoms with Crippen molar-refractivity contribution in [1.29, 1.82) is 0 Å². The highest BCUT2D eigenvalue weighted by Crippen LogP contribution is 2.60. The maximum atomic E-state index is 12.8. The number of alkyl halides is 1. The van der Waals surface area contributed by atoms with E-state index in [2.05, 4.69) is 35.6 Å². The van der Waals surface area contributed by atoms with Crippen LogP contribution in [0.25, 0.3) is 0 Å². The van der Waals surface area contributed by atoms with Crippen molar-refractivity contribution < 1.29 is 4.79 Å². The topological polar surface area (TPSA) is 55.1 Å². The summed E-state index contributed by atoms with van der Waals surface area (Å²) in [6.07, 6.45) is 15.0. The lowest BCUT2D eigenvalue weighted by Crippen LogP contribution is -2.47. The molecule has 0 radical (unpaired) electrons. The van der Waals surface area contributed by atoms with Gasteiger partial charge in [-0.15, -0.1) is 11.6 Å². The number of hydrogen-bond acceptors (Lipinski definition) is 2. The Labute approximate surface area is 193 Å². The molecule has 3 atom stereocenters. The van der Waals surface area contributed by atoms with Crippen LogP contribution >= 0.6 is 11.6 Å². The van der Waals surface area contributed by atoms with Gasteiger partial charge in [-0.1, -0.05) is 36.8 Å². The number of benzene rings is 1. The number of fused-ring (bicyclic) bond motifs is 2. The Morgan fingerprint density at radius 1 is 1.06 bits per heavy atom. The quantitative estimate of drug-likeness (QED) is 0.487. The fourth-order valence-corrected chi connectivity index (χ4v) is 7.74. The maximum Gasteiger partial charge on any atom is 0.220 e. The van der Waals surface area contributed by atoms with Crippen molar-refractivity contribution in [2.24, 2.45) is 23.0 Å². The third kappa shape index (κ3) is 5.47. The molecule has 3 nitrogen and oxygen atoms in total. The fourth-order valence-electron chi connectivity index (χ4n) is 7.34. The molecule has 2 bridgehead atoms. The summed E-state index contributed by atoms with van der Waals surface area (Å²) in [6.45, 7) is 0.787. The number of carbonyl (C=O) groups excluding carboxylic acids is 1. The number of hydrogen-bond donors (Lipinski definition) is 2. The Balaban J connectivity index is 1.38. The lowest BCUT2D eigenvalue weighted by molar-refractivity contribution is -0.122. The standard InChI is InChI=1S/C27H41ClN2O/c28-16-15-26-13-4-14-27(20-26,23-5-2-1-3-6-23)18-22(17-26)9-12-25(31)30-24-10-7-21(19-29)8-11-24/h1-3,5-6,21-22,24H,4,7-20,29H2,(H,30,31)/t21?,22?,24?,26-,27+/m0/s1. The minimum absolute atomic E-state index is 0.257. The highest BCUT2D eigenvalue weighted by Gasteiger charge is 2.50. The summed E-state index contributed by atoms with van der Waals surface area (Å²) in [6, 6.07) is 11.5. The van der Waals surface area contributed by atoms with Gasteiger partial charge in [0, 0.05) is 18.3 Å². The van der Waals surface area contributed by atoms with Crippen molar-refractivity contribution in [1.82, 2.24) is 5.32 Å². The monoisotopic (exact) mass is 444 g/mol. The van der Waals surface area contributed by atoms with Gasteiger partial charge in [-0.05, 0) is 105 Å². The summed E-state index contributed by atoms with van der Waals surface area (Å²) < 4.78 is 0. The van der Waals surface area contributed by atoms with E-state index in [9.17, 15) is 4.79 Å². The minimum atomic E-state index is 0.257. The predicted octanol–water partition coefficient (Wildman–Crippen LogP) is 5.94. The smallest absolute Gasteiger partial charge is 0.220 e. The molecule has 3 N–H and O–H groups in total. The van der Waals surface area contributed by atoms with Gasteiger partial charge in [0.2, 0.25) is 5.91 Å². The summed E-state index contributed by atoms with van der Waals surface area (Å²) in [5, 5.41) is 3.33. The second-order valence-corrected chi connectivity index (χ2v) is 11.3. The van der Waals surface area contributed by atoms with E-state index >= 15 is 0 Å². The normalized spacial score (nSPS) is 35.5. The molecule has 3 fully saturated rings. The third-order valence-corrected chi connectivity index (χ3v) is 9.00. The van der Waals surface area contributed by atoms with Gasteiger partial charge in [-0.2, -0.15) is 0 Å². The van der Waals surface area contributed by atoms with E-state index in [0.29, 0.717) is 29.7 Å². The Kier molecular flexibility index (Phi) is 7.64. The summed E-state index contributed by atoms with van der Waals surface area (Å²) in [7, 11) is 0. The molecule has 0 saturated heterocycles. The first kappa shape index (κ1) is 23.1. The summed E-state index contributed by atoms with van der Waals surface area (Å²) >= 11 is 6.30. The highest BCUT2D eigenvalue weighted by atomic mass is 35.5. The molecule has 0 aromatic heterocycles. The van der Waals surface area contributed by atoms with Crippen LogP contribution in [0.4, 0.5) is 0 Å². The molecular weight excluding hydrogens is 404 g/mol. The molecule has 1 aromatic rings. The third-order valence-electron chi connectivity index (χ3n) is 8.81. The van der Waals surface area contributed by atoms with Crippen LogP contribution in [0, 0.1) is 17.3 Å². The summed E-state index contributed by atoms with van der Waals surface area (Å²) in [5.41, 5.74) is 7.98. The molecule has 0 spiro atoms. The first-order chi connectivity index (χ1) is 15.1. The van der Waals surface area contributed by atoms with E-state index in [4.69, 9.17) is 17.3 Å². The lowest BCUT2D eigenvalue weighted by Gasteiger charge is -2.55. The molecule has 3 aliphatic rings. The van der Waals surface area contributed by atoms with Crippen molar-refractivity contribution in [2.45, 2.75) is 94.9 Å². The predicted molar refractivity (Wildman–Crippen MR) is 129 cm³/mol. The molecule has 1 unspecified atom stereocenters. The van der Waals surface area contributed by atoms with Crippen LogP contribution in [-0.2, 0) is 10.2 Å². The molecule has 0 heterocycles. The van der Waals surface area contributed by atoms with Gasteiger partial charge >= 0.3 is 0 Å². The zero-order chi connectivity index (χ0) is 21.7.